The highest BCUT2D eigenvalue weighted by molar-refractivity contribution is 5.76. The van der Waals surface area contributed by atoms with Gasteiger partial charge in [0.15, 0.2) is 0 Å². The number of hydrogen-bond donors (Lipinski definition) is 1. The Kier molecular flexibility index (Phi) is 7.56. The van der Waals surface area contributed by atoms with Crippen molar-refractivity contribution in [3.63, 3.8) is 0 Å². The Hall–Kier alpha value is -1.39. The minimum absolute atomic E-state index is 0.102. The van der Waals surface area contributed by atoms with Crippen LogP contribution in [0.15, 0.2) is 30.3 Å². The van der Waals surface area contributed by atoms with E-state index in [9.17, 15) is 4.79 Å². The molecule has 1 aliphatic rings. The van der Waals surface area contributed by atoms with Gasteiger partial charge < -0.3 is 10.1 Å². The molecular weight excluding hydrogens is 288 g/mol. The van der Waals surface area contributed by atoms with E-state index in [2.05, 4.69) is 48.3 Å². The van der Waals surface area contributed by atoms with Gasteiger partial charge in [0.25, 0.3) is 0 Å². The zero-order valence-electron chi connectivity index (χ0n) is 14.5. The lowest BCUT2D eigenvalue weighted by atomic mass is 10.0. The maximum Gasteiger partial charge on any atom is 0.222 e. The van der Waals surface area contributed by atoms with Crippen LogP contribution in [0.25, 0.3) is 0 Å². The highest BCUT2D eigenvalue weighted by Crippen LogP contribution is 2.20. The zero-order valence-corrected chi connectivity index (χ0v) is 14.5. The maximum absolute atomic E-state index is 12.2. The van der Waals surface area contributed by atoms with E-state index in [0.717, 1.165) is 32.5 Å². The third-order valence-electron chi connectivity index (χ3n) is 4.62. The van der Waals surface area contributed by atoms with Crippen molar-refractivity contribution in [3.8, 4) is 0 Å². The predicted octanol–water partition coefficient (Wildman–Crippen LogP) is 3.14. The summed E-state index contributed by atoms with van der Waals surface area (Å²) in [4.78, 5) is 14.6. The van der Waals surface area contributed by atoms with Crippen molar-refractivity contribution < 1.29 is 9.53 Å². The molecule has 4 nitrogen and oxygen atoms in total. The van der Waals surface area contributed by atoms with E-state index >= 15 is 0 Å². The molecular formula is C19H30N2O2. The summed E-state index contributed by atoms with van der Waals surface area (Å²) in [7, 11) is 0. The smallest absolute Gasteiger partial charge is 0.222 e. The Balaban J connectivity index is 1.91. The molecule has 0 aromatic heterocycles. The molecule has 0 spiro atoms. The summed E-state index contributed by atoms with van der Waals surface area (Å²) < 4.78 is 5.66. The molecule has 0 radical (unpaired) electrons. The van der Waals surface area contributed by atoms with E-state index in [1.54, 1.807) is 0 Å². The Morgan fingerprint density at radius 2 is 2.00 bits per heavy atom. The van der Waals surface area contributed by atoms with Crippen LogP contribution in [0.1, 0.15) is 51.1 Å². The molecule has 128 valence electrons. The van der Waals surface area contributed by atoms with Gasteiger partial charge in [-0.25, -0.2) is 0 Å². The monoisotopic (exact) mass is 318 g/mol. The van der Waals surface area contributed by atoms with E-state index in [1.807, 2.05) is 6.07 Å². The summed E-state index contributed by atoms with van der Waals surface area (Å²) in [6, 6.07) is 10.6. The van der Waals surface area contributed by atoms with Crippen LogP contribution in [0.2, 0.25) is 0 Å². The molecule has 0 bridgehead atoms. The Labute approximate surface area is 140 Å². The van der Waals surface area contributed by atoms with Crippen molar-refractivity contribution in [2.45, 2.75) is 51.7 Å². The second-order valence-electron chi connectivity index (χ2n) is 6.14. The molecule has 4 heteroatoms. The van der Waals surface area contributed by atoms with Crippen LogP contribution in [-0.2, 0) is 9.53 Å². The van der Waals surface area contributed by atoms with Crippen molar-refractivity contribution in [2.24, 2.45) is 0 Å². The topological polar surface area (TPSA) is 41.6 Å². The molecule has 1 aromatic carbocycles. The first-order valence-electron chi connectivity index (χ1n) is 8.91. The molecule has 1 amide bonds. The van der Waals surface area contributed by atoms with Gasteiger partial charge in [-0.1, -0.05) is 44.2 Å². The van der Waals surface area contributed by atoms with Gasteiger partial charge in [0.1, 0.15) is 0 Å². The number of ether oxygens (including phenoxy) is 1. The van der Waals surface area contributed by atoms with Crippen LogP contribution < -0.4 is 5.32 Å². The summed E-state index contributed by atoms with van der Waals surface area (Å²) in [5.74, 6) is 0.102. The lowest BCUT2D eigenvalue weighted by molar-refractivity contribution is -0.125. The molecule has 0 saturated carbocycles. The van der Waals surface area contributed by atoms with Crippen LogP contribution in [0.5, 0.6) is 0 Å². The number of likely N-dealkylation sites (N-methyl/N-ethyl adjacent to an activating group) is 1. The third kappa shape index (κ3) is 5.63. The van der Waals surface area contributed by atoms with Gasteiger partial charge in [-0.2, -0.15) is 0 Å². The number of rotatable bonds is 8. The Bertz CT molecular complexity index is 454. The van der Waals surface area contributed by atoms with Crippen LogP contribution in [-0.4, -0.2) is 43.2 Å². The minimum atomic E-state index is 0.102. The summed E-state index contributed by atoms with van der Waals surface area (Å²) in [5, 5.41) is 3.12. The lowest BCUT2D eigenvalue weighted by Gasteiger charge is -2.30. The molecule has 1 aromatic rings. The number of carbonyl (C=O) groups is 1. The number of nitrogens with zero attached hydrogens (tertiary/aromatic N) is 1. The minimum Gasteiger partial charge on any atom is -0.378 e. The summed E-state index contributed by atoms with van der Waals surface area (Å²) >= 11 is 0. The van der Waals surface area contributed by atoms with Crippen molar-refractivity contribution in [2.75, 3.05) is 26.2 Å². The van der Waals surface area contributed by atoms with Gasteiger partial charge in [0.05, 0.1) is 18.6 Å². The first kappa shape index (κ1) is 18.0. The molecule has 0 aliphatic carbocycles. The average Bonchev–Trinajstić information content (AvgIpc) is 2.60. The fourth-order valence-corrected chi connectivity index (χ4v) is 3.26. The molecule has 1 aliphatic heterocycles. The predicted molar refractivity (Wildman–Crippen MR) is 93.3 cm³/mol. The van der Waals surface area contributed by atoms with Gasteiger partial charge in [0, 0.05) is 13.2 Å². The molecule has 1 N–H and O–H groups in total. The number of nitrogens with one attached hydrogen (secondary N) is 1. The van der Waals surface area contributed by atoms with E-state index in [4.69, 9.17) is 4.74 Å². The largest absolute Gasteiger partial charge is 0.378 e. The Morgan fingerprint density at radius 3 is 2.61 bits per heavy atom. The summed E-state index contributed by atoms with van der Waals surface area (Å²) in [5.41, 5.74) is 1.26. The van der Waals surface area contributed by atoms with Crippen LogP contribution in [0.4, 0.5) is 0 Å². The maximum atomic E-state index is 12.2. The molecule has 2 atom stereocenters. The first-order chi connectivity index (χ1) is 11.2. The van der Waals surface area contributed by atoms with Crippen molar-refractivity contribution >= 4 is 5.91 Å². The van der Waals surface area contributed by atoms with Crippen molar-refractivity contribution in [3.05, 3.63) is 35.9 Å². The molecule has 1 saturated heterocycles. The molecule has 1 fully saturated rings. The first-order valence-corrected chi connectivity index (χ1v) is 8.91. The second-order valence-corrected chi connectivity index (χ2v) is 6.14. The third-order valence-corrected chi connectivity index (χ3v) is 4.62. The SMILES string of the molecule is CCN(CC)C(CNC(=O)CC1CCCCO1)c1ccccc1. The molecule has 1 heterocycles. The van der Waals surface area contributed by atoms with Crippen molar-refractivity contribution in [1.29, 1.82) is 0 Å². The second kappa shape index (κ2) is 9.68. The van der Waals surface area contributed by atoms with Crippen LogP contribution in [0.3, 0.4) is 0 Å². The summed E-state index contributed by atoms with van der Waals surface area (Å²) in [6.45, 7) is 7.71. The van der Waals surface area contributed by atoms with E-state index in [-0.39, 0.29) is 18.1 Å². The van der Waals surface area contributed by atoms with E-state index in [1.165, 1.54) is 12.0 Å². The van der Waals surface area contributed by atoms with Gasteiger partial charge >= 0.3 is 0 Å². The highest BCUT2D eigenvalue weighted by atomic mass is 16.5. The standard InChI is InChI=1S/C19H30N2O2/c1-3-21(4-2)18(16-10-6-5-7-11-16)15-20-19(22)14-17-12-8-9-13-23-17/h5-7,10-11,17-18H,3-4,8-9,12-15H2,1-2H3,(H,20,22). The number of hydrogen-bond acceptors (Lipinski definition) is 3. The quantitative estimate of drug-likeness (QED) is 0.800. The Morgan fingerprint density at radius 1 is 1.26 bits per heavy atom. The fourth-order valence-electron chi connectivity index (χ4n) is 3.26. The van der Waals surface area contributed by atoms with Gasteiger partial charge in [0.2, 0.25) is 5.91 Å². The molecule has 2 unspecified atom stereocenters. The van der Waals surface area contributed by atoms with Gasteiger partial charge in [-0.05, 0) is 37.9 Å². The fraction of sp³-hybridized carbons (Fsp3) is 0.632. The lowest BCUT2D eigenvalue weighted by Crippen LogP contribution is -2.39. The van der Waals surface area contributed by atoms with E-state index in [0.29, 0.717) is 13.0 Å². The van der Waals surface area contributed by atoms with Gasteiger partial charge in [-0.15, -0.1) is 0 Å². The average molecular weight is 318 g/mol. The number of amides is 1. The van der Waals surface area contributed by atoms with E-state index < -0.39 is 0 Å². The normalized spacial score (nSPS) is 19.5. The highest BCUT2D eigenvalue weighted by Gasteiger charge is 2.21. The van der Waals surface area contributed by atoms with Crippen LogP contribution >= 0.6 is 0 Å². The van der Waals surface area contributed by atoms with Crippen molar-refractivity contribution in [1.82, 2.24) is 10.2 Å². The summed E-state index contributed by atoms with van der Waals surface area (Å²) in [6.07, 6.45) is 3.89. The zero-order chi connectivity index (χ0) is 16.5. The molecule has 2 rings (SSSR count). The number of benzene rings is 1. The van der Waals surface area contributed by atoms with Crippen LogP contribution in [0, 0.1) is 0 Å². The number of carbonyl (C=O) groups excluding carboxylic acids is 1. The van der Waals surface area contributed by atoms with Gasteiger partial charge in [-0.3, -0.25) is 9.69 Å². The molecule has 23 heavy (non-hydrogen) atoms.